The molecule has 27 heavy (non-hydrogen) atoms. The molecule has 1 atom stereocenters. The summed E-state index contributed by atoms with van der Waals surface area (Å²) in [5.41, 5.74) is 1.54. The molecule has 0 radical (unpaired) electrons. The molecule has 6 nitrogen and oxygen atoms in total. The molecule has 0 heterocycles. The Morgan fingerprint density at radius 1 is 1.11 bits per heavy atom. The second-order valence-corrected chi connectivity index (χ2v) is 8.53. The average molecular weight is 411 g/mol. The molecule has 8 heteroatoms. The lowest BCUT2D eigenvalue weighted by molar-refractivity contribution is -0.118. The van der Waals surface area contributed by atoms with Gasteiger partial charge >= 0.3 is 0 Å². The first-order chi connectivity index (χ1) is 12.8. The number of benzene rings is 2. The van der Waals surface area contributed by atoms with E-state index in [1.54, 1.807) is 24.3 Å². The van der Waals surface area contributed by atoms with Crippen molar-refractivity contribution in [3.05, 3.63) is 54.1 Å². The number of nitrogens with one attached hydrogen (secondary N) is 1. The number of sulfone groups is 1. The molecule has 0 bridgehead atoms. The first-order valence-corrected chi connectivity index (χ1v) is 10.4. The van der Waals surface area contributed by atoms with Crippen molar-refractivity contribution in [3.8, 4) is 5.75 Å². The number of alkyl halides is 1. The zero-order valence-corrected chi connectivity index (χ0v) is 17.0. The summed E-state index contributed by atoms with van der Waals surface area (Å²) < 4.78 is 31.5. The molecule has 2 rings (SSSR count). The topological polar surface area (TPSA) is 75.7 Å². The number of carbonyl (C=O) groups is 1. The average Bonchev–Trinajstić information content (AvgIpc) is 2.68. The standard InChI is InChI=1S/C19H23ClN2O4S/c1-22(2)15-6-4-14(5-7-15)18(13-21-19(23)12-20)27(24,25)17-10-8-16(26-3)9-11-17/h4-11,18H,12-13H2,1-3H3,(H,21,23)/t18-/m0/s1. The van der Waals surface area contributed by atoms with Gasteiger partial charge in [0.05, 0.1) is 12.0 Å². The molecule has 0 unspecified atom stereocenters. The maximum absolute atomic E-state index is 13.2. The van der Waals surface area contributed by atoms with Crippen LogP contribution in [0.5, 0.6) is 5.75 Å². The number of anilines is 1. The Bertz CT molecular complexity index is 866. The predicted molar refractivity (Wildman–Crippen MR) is 107 cm³/mol. The molecule has 0 aromatic heterocycles. The van der Waals surface area contributed by atoms with Crippen LogP contribution in [-0.4, -0.2) is 48.0 Å². The van der Waals surface area contributed by atoms with Gasteiger partial charge in [-0.05, 0) is 42.0 Å². The molecule has 0 saturated carbocycles. The third-order valence-corrected chi connectivity index (χ3v) is 6.51. The first kappa shape index (κ1) is 21.1. The van der Waals surface area contributed by atoms with Gasteiger partial charge in [0.1, 0.15) is 16.9 Å². The van der Waals surface area contributed by atoms with Gasteiger partial charge in [-0.1, -0.05) is 12.1 Å². The fourth-order valence-corrected chi connectivity index (χ4v) is 4.33. The largest absolute Gasteiger partial charge is 0.497 e. The van der Waals surface area contributed by atoms with E-state index in [0.29, 0.717) is 11.3 Å². The monoisotopic (exact) mass is 410 g/mol. The highest BCUT2D eigenvalue weighted by Gasteiger charge is 2.29. The van der Waals surface area contributed by atoms with Gasteiger partial charge in [0, 0.05) is 26.3 Å². The Morgan fingerprint density at radius 3 is 2.19 bits per heavy atom. The Balaban J connectivity index is 2.41. The van der Waals surface area contributed by atoms with Crippen molar-refractivity contribution in [1.82, 2.24) is 5.32 Å². The van der Waals surface area contributed by atoms with Crippen molar-refractivity contribution in [2.75, 3.05) is 38.5 Å². The van der Waals surface area contributed by atoms with E-state index in [0.717, 1.165) is 5.69 Å². The van der Waals surface area contributed by atoms with E-state index in [4.69, 9.17) is 16.3 Å². The van der Waals surface area contributed by atoms with E-state index in [1.807, 2.05) is 31.1 Å². The number of hydrogen-bond acceptors (Lipinski definition) is 5. The van der Waals surface area contributed by atoms with Crippen molar-refractivity contribution < 1.29 is 17.9 Å². The second kappa shape index (κ2) is 9.10. The molecular formula is C19H23ClN2O4S. The molecule has 1 amide bonds. The molecule has 0 spiro atoms. The first-order valence-electron chi connectivity index (χ1n) is 8.27. The van der Waals surface area contributed by atoms with Gasteiger partial charge in [0.15, 0.2) is 9.84 Å². The molecule has 2 aromatic rings. The zero-order chi connectivity index (χ0) is 20.0. The summed E-state index contributed by atoms with van der Waals surface area (Å²) in [4.78, 5) is 13.7. The summed E-state index contributed by atoms with van der Waals surface area (Å²) in [7, 11) is 1.58. The Hall–Kier alpha value is -2.25. The maximum Gasteiger partial charge on any atom is 0.234 e. The van der Waals surface area contributed by atoms with Crippen LogP contribution in [0.1, 0.15) is 10.8 Å². The molecule has 1 N–H and O–H groups in total. The zero-order valence-electron chi connectivity index (χ0n) is 15.5. The lowest BCUT2D eigenvalue weighted by atomic mass is 10.1. The minimum atomic E-state index is -3.74. The van der Waals surface area contributed by atoms with Crippen LogP contribution in [-0.2, 0) is 14.6 Å². The van der Waals surface area contributed by atoms with Crippen LogP contribution in [0.2, 0.25) is 0 Å². The van der Waals surface area contributed by atoms with Crippen LogP contribution >= 0.6 is 11.6 Å². The fourth-order valence-electron chi connectivity index (χ4n) is 2.58. The minimum Gasteiger partial charge on any atom is -0.497 e. The van der Waals surface area contributed by atoms with Crippen LogP contribution in [0.25, 0.3) is 0 Å². The highest BCUT2D eigenvalue weighted by atomic mass is 35.5. The van der Waals surface area contributed by atoms with Crippen molar-refractivity contribution in [2.24, 2.45) is 0 Å². The number of amides is 1. The van der Waals surface area contributed by atoms with E-state index >= 15 is 0 Å². The van der Waals surface area contributed by atoms with Gasteiger partial charge in [-0.3, -0.25) is 4.79 Å². The Morgan fingerprint density at radius 2 is 1.70 bits per heavy atom. The van der Waals surface area contributed by atoms with E-state index in [2.05, 4.69) is 5.32 Å². The molecular weight excluding hydrogens is 388 g/mol. The summed E-state index contributed by atoms with van der Waals surface area (Å²) >= 11 is 5.52. The van der Waals surface area contributed by atoms with Crippen LogP contribution < -0.4 is 15.0 Å². The number of ether oxygens (including phenoxy) is 1. The van der Waals surface area contributed by atoms with Crippen molar-refractivity contribution in [2.45, 2.75) is 10.1 Å². The predicted octanol–water partition coefficient (Wildman–Crippen LogP) is 2.63. The van der Waals surface area contributed by atoms with Crippen molar-refractivity contribution in [1.29, 1.82) is 0 Å². The number of rotatable bonds is 8. The summed E-state index contributed by atoms with van der Waals surface area (Å²) in [6.45, 7) is -0.0682. The lowest BCUT2D eigenvalue weighted by Crippen LogP contribution is -2.32. The maximum atomic E-state index is 13.2. The third kappa shape index (κ3) is 5.14. The highest BCUT2D eigenvalue weighted by molar-refractivity contribution is 7.91. The van der Waals surface area contributed by atoms with Crippen LogP contribution in [0.4, 0.5) is 5.69 Å². The third-order valence-electron chi connectivity index (χ3n) is 4.15. The van der Waals surface area contributed by atoms with Gasteiger partial charge in [0.25, 0.3) is 0 Å². The summed E-state index contributed by atoms with van der Waals surface area (Å²) in [5, 5.41) is 1.65. The van der Waals surface area contributed by atoms with E-state index in [-0.39, 0.29) is 17.3 Å². The molecule has 2 aromatic carbocycles. The van der Waals surface area contributed by atoms with Gasteiger partial charge in [-0.15, -0.1) is 11.6 Å². The van der Waals surface area contributed by atoms with Gasteiger partial charge in [0.2, 0.25) is 5.91 Å². The van der Waals surface area contributed by atoms with E-state index in [9.17, 15) is 13.2 Å². The summed E-state index contributed by atoms with van der Waals surface area (Å²) in [5.74, 6) is -0.0812. The number of nitrogens with zero attached hydrogens (tertiary/aromatic N) is 1. The summed E-state index contributed by atoms with van der Waals surface area (Å²) in [6, 6.07) is 13.4. The normalized spacial score (nSPS) is 12.3. The smallest absolute Gasteiger partial charge is 0.234 e. The number of halogens is 1. The summed E-state index contributed by atoms with van der Waals surface area (Å²) in [6.07, 6.45) is 0. The minimum absolute atomic E-state index is 0.0682. The number of methoxy groups -OCH3 is 1. The van der Waals surface area contributed by atoms with Gasteiger partial charge in [-0.2, -0.15) is 0 Å². The van der Waals surface area contributed by atoms with Crippen molar-refractivity contribution >= 4 is 33.0 Å². The van der Waals surface area contributed by atoms with Gasteiger partial charge < -0.3 is 15.0 Å². The Labute approximate surface area is 165 Å². The van der Waals surface area contributed by atoms with Gasteiger partial charge in [-0.25, -0.2) is 8.42 Å². The van der Waals surface area contributed by atoms with Crippen LogP contribution in [0.15, 0.2) is 53.4 Å². The molecule has 0 aliphatic heterocycles. The second-order valence-electron chi connectivity index (χ2n) is 6.13. The van der Waals surface area contributed by atoms with E-state index < -0.39 is 21.0 Å². The fraction of sp³-hybridized carbons (Fsp3) is 0.316. The van der Waals surface area contributed by atoms with E-state index in [1.165, 1.54) is 19.2 Å². The molecule has 0 fully saturated rings. The Kier molecular flexibility index (Phi) is 7.10. The van der Waals surface area contributed by atoms with Crippen molar-refractivity contribution in [3.63, 3.8) is 0 Å². The number of hydrogen-bond donors (Lipinski definition) is 1. The molecule has 0 aliphatic carbocycles. The molecule has 0 aliphatic rings. The number of carbonyl (C=O) groups excluding carboxylic acids is 1. The lowest BCUT2D eigenvalue weighted by Gasteiger charge is -2.20. The SMILES string of the molecule is COc1ccc(S(=O)(=O)[C@@H](CNC(=O)CCl)c2ccc(N(C)C)cc2)cc1. The molecule has 146 valence electrons. The highest BCUT2D eigenvalue weighted by Crippen LogP contribution is 2.30. The van der Waals surface area contributed by atoms with Crippen LogP contribution in [0, 0.1) is 0 Å². The van der Waals surface area contributed by atoms with Crippen LogP contribution in [0.3, 0.4) is 0 Å². The molecule has 0 saturated heterocycles. The quantitative estimate of drug-likeness (QED) is 0.677.